The van der Waals surface area contributed by atoms with Gasteiger partial charge in [-0.3, -0.25) is 4.90 Å². The first-order valence-electron chi connectivity index (χ1n) is 13.1. The highest BCUT2D eigenvalue weighted by Crippen LogP contribution is 2.68. The molecule has 7 nitrogen and oxygen atoms in total. The molecular formula is C29H27N5O2S2. The van der Waals surface area contributed by atoms with Crippen LogP contribution in [0.15, 0.2) is 46.9 Å². The minimum absolute atomic E-state index is 0.00426. The average molecular weight is 542 g/mol. The Balaban J connectivity index is 1.65. The Bertz CT molecular complexity index is 1360. The summed E-state index contributed by atoms with van der Waals surface area (Å²) in [6.07, 6.45) is 5.69. The Labute approximate surface area is 230 Å². The van der Waals surface area contributed by atoms with Crippen molar-refractivity contribution in [3.63, 3.8) is 0 Å². The van der Waals surface area contributed by atoms with Gasteiger partial charge in [0.25, 0.3) is 0 Å². The van der Waals surface area contributed by atoms with E-state index in [0.717, 1.165) is 48.5 Å². The maximum absolute atomic E-state index is 10.8. The molecular weight excluding hydrogens is 514 g/mol. The van der Waals surface area contributed by atoms with E-state index in [1.807, 2.05) is 35.0 Å². The van der Waals surface area contributed by atoms with E-state index in [0.29, 0.717) is 19.0 Å². The summed E-state index contributed by atoms with van der Waals surface area (Å²) in [5.74, 6) is -1.14. The predicted molar refractivity (Wildman–Crippen MR) is 141 cm³/mol. The number of hydrogen-bond donors (Lipinski definition) is 0. The Morgan fingerprint density at radius 1 is 0.868 bits per heavy atom. The molecule has 4 heterocycles. The summed E-state index contributed by atoms with van der Waals surface area (Å²) in [7, 11) is 0. The van der Waals surface area contributed by atoms with Gasteiger partial charge >= 0.3 is 0 Å². The van der Waals surface area contributed by atoms with E-state index in [1.165, 1.54) is 11.3 Å². The second kappa shape index (κ2) is 9.53. The molecule has 1 saturated carbocycles. The number of allylic oxidation sites excluding steroid dienone is 2. The van der Waals surface area contributed by atoms with Crippen LogP contribution in [0.4, 0.5) is 0 Å². The van der Waals surface area contributed by atoms with E-state index < -0.39 is 28.4 Å². The molecule has 0 bridgehead atoms. The van der Waals surface area contributed by atoms with Gasteiger partial charge in [-0.15, -0.1) is 22.7 Å². The number of morpholine rings is 1. The Hall–Kier alpha value is -3.18. The van der Waals surface area contributed by atoms with Crippen molar-refractivity contribution in [2.24, 2.45) is 22.7 Å². The van der Waals surface area contributed by atoms with Gasteiger partial charge in [0.2, 0.25) is 0 Å². The molecule has 2 aromatic rings. The summed E-state index contributed by atoms with van der Waals surface area (Å²) in [5.41, 5.74) is -4.39. The first-order chi connectivity index (χ1) is 18.6. The number of nitrogens with zero attached hydrogens (tertiary/aromatic N) is 5. The van der Waals surface area contributed by atoms with Crippen molar-refractivity contribution in [1.29, 1.82) is 21.0 Å². The monoisotopic (exact) mass is 541 g/mol. The van der Waals surface area contributed by atoms with Crippen LogP contribution in [0.2, 0.25) is 0 Å². The zero-order chi connectivity index (χ0) is 26.4. The van der Waals surface area contributed by atoms with Crippen LogP contribution in [0.5, 0.6) is 0 Å². The Morgan fingerprint density at radius 2 is 1.53 bits per heavy atom. The van der Waals surface area contributed by atoms with Gasteiger partial charge in [-0.2, -0.15) is 21.0 Å². The Kier molecular flexibility index (Phi) is 6.30. The molecule has 3 fully saturated rings. The van der Waals surface area contributed by atoms with Crippen molar-refractivity contribution >= 4 is 22.7 Å². The van der Waals surface area contributed by atoms with Gasteiger partial charge in [0, 0.05) is 47.0 Å². The molecule has 4 aliphatic rings. The van der Waals surface area contributed by atoms with Gasteiger partial charge in [-0.25, -0.2) is 0 Å². The highest BCUT2D eigenvalue weighted by atomic mass is 32.1. The fourth-order valence-corrected chi connectivity index (χ4v) is 9.30. The van der Waals surface area contributed by atoms with E-state index in [4.69, 9.17) is 9.47 Å². The van der Waals surface area contributed by atoms with Gasteiger partial charge in [-0.1, -0.05) is 18.6 Å². The second-order valence-corrected chi connectivity index (χ2v) is 12.5. The lowest BCUT2D eigenvalue weighted by atomic mass is 9.46. The molecule has 9 heteroatoms. The lowest BCUT2D eigenvalue weighted by Gasteiger charge is -2.62. The van der Waals surface area contributed by atoms with Crippen LogP contribution in [0, 0.1) is 68.0 Å². The maximum Gasteiger partial charge on any atom is 0.187 e. The third-order valence-corrected chi connectivity index (χ3v) is 11.1. The molecule has 0 amide bonds. The smallest absolute Gasteiger partial charge is 0.187 e. The van der Waals surface area contributed by atoms with Gasteiger partial charge in [0.15, 0.2) is 16.6 Å². The Morgan fingerprint density at radius 3 is 2.13 bits per heavy atom. The lowest BCUT2D eigenvalue weighted by Crippen LogP contribution is -2.67. The molecule has 0 unspecified atom stereocenters. The molecule has 0 N–H and O–H groups in total. The molecule has 192 valence electrons. The highest BCUT2D eigenvalue weighted by Gasteiger charge is 2.72. The van der Waals surface area contributed by atoms with Crippen LogP contribution in [-0.4, -0.2) is 36.9 Å². The van der Waals surface area contributed by atoms with E-state index in [-0.39, 0.29) is 11.8 Å². The highest BCUT2D eigenvalue weighted by molar-refractivity contribution is 7.10. The van der Waals surface area contributed by atoms with E-state index in [2.05, 4.69) is 35.2 Å². The number of hydrogen-bond acceptors (Lipinski definition) is 9. The molecule has 6 rings (SSSR count). The number of nitriles is 4. The summed E-state index contributed by atoms with van der Waals surface area (Å²) < 4.78 is 12.8. The van der Waals surface area contributed by atoms with Crippen molar-refractivity contribution in [3.05, 3.63) is 56.6 Å². The van der Waals surface area contributed by atoms with Crippen molar-refractivity contribution in [2.75, 3.05) is 26.3 Å². The minimum atomic E-state index is -1.92. The van der Waals surface area contributed by atoms with Gasteiger partial charge in [0.05, 0.1) is 43.4 Å². The molecule has 0 spiro atoms. The summed E-state index contributed by atoms with van der Waals surface area (Å²) >= 11 is 3.04. The number of rotatable bonds is 3. The van der Waals surface area contributed by atoms with Crippen molar-refractivity contribution in [3.8, 4) is 24.3 Å². The summed E-state index contributed by atoms with van der Waals surface area (Å²) in [5, 5.41) is 46.9. The molecule has 38 heavy (non-hydrogen) atoms. The molecule has 2 aromatic heterocycles. The van der Waals surface area contributed by atoms with Crippen LogP contribution >= 0.6 is 22.7 Å². The number of fused-ring (bicyclic) bond motifs is 2. The van der Waals surface area contributed by atoms with E-state index in [9.17, 15) is 21.0 Å². The van der Waals surface area contributed by atoms with E-state index in [1.54, 1.807) is 11.3 Å². The van der Waals surface area contributed by atoms with Gasteiger partial charge in [-0.05, 0) is 41.8 Å². The largest absolute Gasteiger partial charge is 0.476 e. The van der Waals surface area contributed by atoms with Gasteiger partial charge < -0.3 is 9.47 Å². The van der Waals surface area contributed by atoms with Crippen LogP contribution < -0.4 is 0 Å². The van der Waals surface area contributed by atoms with Crippen LogP contribution in [0.3, 0.4) is 0 Å². The minimum Gasteiger partial charge on any atom is -0.476 e. The predicted octanol–water partition coefficient (Wildman–Crippen LogP) is 5.51. The first-order valence-corrected chi connectivity index (χ1v) is 14.8. The maximum atomic E-state index is 10.8. The summed E-state index contributed by atoms with van der Waals surface area (Å²) in [6.45, 7) is 2.77. The van der Waals surface area contributed by atoms with Crippen LogP contribution in [0.25, 0.3) is 0 Å². The zero-order valence-corrected chi connectivity index (χ0v) is 22.5. The fourth-order valence-electron chi connectivity index (χ4n) is 7.50. The molecule has 2 aliphatic carbocycles. The molecule has 0 radical (unpaired) electrons. The van der Waals surface area contributed by atoms with Crippen molar-refractivity contribution < 1.29 is 9.47 Å². The molecule has 0 aromatic carbocycles. The van der Waals surface area contributed by atoms with Gasteiger partial charge in [0.1, 0.15) is 5.76 Å². The zero-order valence-electron chi connectivity index (χ0n) is 20.9. The third kappa shape index (κ3) is 3.27. The lowest BCUT2D eigenvalue weighted by molar-refractivity contribution is -0.242. The molecule has 5 atom stereocenters. The normalized spacial score (nSPS) is 33.5. The summed E-state index contributed by atoms with van der Waals surface area (Å²) in [6, 6.07) is 16.8. The first kappa shape index (κ1) is 25.1. The average Bonchev–Trinajstić information content (AvgIpc) is 3.71. The second-order valence-electron chi connectivity index (χ2n) is 10.5. The standard InChI is InChI=1S/C29H27N5O2S2/c30-16-27(17-31)21(23-6-3-13-37-23)15-22-26(28(27,18-32)19-33)25(24-7-4-14-38-24)20-5-1-2-8-29(20,36-22)34-9-11-35-12-10-34/h3-4,6-7,13-15,20-21,25-26H,1-2,5,8-12H2/t20-,21+,25+,26-,29-/m1/s1. The fraction of sp³-hybridized carbons (Fsp3) is 0.517. The topological polar surface area (TPSA) is 117 Å². The quantitative estimate of drug-likeness (QED) is 0.503. The number of thiophene rings is 2. The third-order valence-electron chi connectivity index (χ3n) is 9.13. The number of ether oxygens (including phenoxy) is 2. The molecule has 2 aliphatic heterocycles. The SMILES string of the molecule is N#CC1(C#N)[C@@H]2C(=C[C@@H](c3cccs3)C1(C#N)C#N)O[C@]1(N3CCOCC3)CCCC[C@@H]1[C@H]2c1cccs1. The van der Waals surface area contributed by atoms with E-state index >= 15 is 0 Å². The molecule has 2 saturated heterocycles. The van der Waals surface area contributed by atoms with Crippen molar-refractivity contribution in [1.82, 2.24) is 4.90 Å². The van der Waals surface area contributed by atoms with Crippen LogP contribution in [0.1, 0.15) is 47.3 Å². The summed E-state index contributed by atoms with van der Waals surface area (Å²) in [4.78, 5) is 4.26. The van der Waals surface area contributed by atoms with Crippen molar-refractivity contribution in [2.45, 2.75) is 43.2 Å². The van der Waals surface area contributed by atoms with Crippen LogP contribution in [-0.2, 0) is 9.47 Å².